The summed E-state index contributed by atoms with van der Waals surface area (Å²) in [4.78, 5) is 72.6. The Hall–Kier alpha value is -1.94. The monoisotopic (exact) mass is 1340 g/mol. The third-order valence-electron chi connectivity index (χ3n) is 17.0. The van der Waals surface area contributed by atoms with E-state index in [2.05, 4.69) is 48.5 Å². The zero-order chi connectivity index (χ0) is 67.3. The van der Waals surface area contributed by atoms with E-state index in [-0.39, 0.29) is 25.7 Å². The topological polar surface area (TPSA) is 237 Å². The summed E-state index contributed by atoms with van der Waals surface area (Å²) >= 11 is 0. The summed E-state index contributed by atoms with van der Waals surface area (Å²) in [5.41, 5.74) is 0. The SMILES string of the molecule is CCCCCCCCCCC(=O)OC[C@H](COP(=O)(O)OC[C@H](O)COP(=O)(O)OC[C@@H](COC(=O)CCCCCCCCCCCCC(C)CC)OC(=O)CCCCCCCCCCCCCCCC(C)C)OC(=O)CCCCCCCCCCCCC(C)C. The molecule has 540 valence electrons. The highest BCUT2D eigenvalue weighted by Crippen LogP contribution is 2.45. The van der Waals surface area contributed by atoms with Crippen LogP contribution in [-0.4, -0.2) is 96.7 Å². The highest BCUT2D eigenvalue weighted by atomic mass is 31.2. The number of carbonyl (C=O) groups excluding carboxylic acids is 4. The van der Waals surface area contributed by atoms with Crippen LogP contribution in [0.2, 0.25) is 0 Å². The highest BCUT2D eigenvalue weighted by molar-refractivity contribution is 7.47. The van der Waals surface area contributed by atoms with E-state index in [0.29, 0.717) is 25.7 Å². The highest BCUT2D eigenvalue weighted by Gasteiger charge is 2.30. The molecule has 0 fully saturated rings. The van der Waals surface area contributed by atoms with Gasteiger partial charge in [0.2, 0.25) is 0 Å². The van der Waals surface area contributed by atoms with E-state index in [9.17, 15) is 43.2 Å². The molecule has 0 aromatic heterocycles. The van der Waals surface area contributed by atoms with Gasteiger partial charge in [0.1, 0.15) is 19.3 Å². The summed E-state index contributed by atoms with van der Waals surface area (Å²) in [6.07, 6.45) is 47.1. The Kier molecular flexibility index (Phi) is 61.5. The van der Waals surface area contributed by atoms with Crippen LogP contribution in [0.5, 0.6) is 0 Å². The lowest BCUT2D eigenvalue weighted by molar-refractivity contribution is -0.161. The molecular weight excluding hydrogens is 1200 g/mol. The molecule has 0 aromatic carbocycles. The Balaban J connectivity index is 5.24. The number of phosphoric acid groups is 2. The van der Waals surface area contributed by atoms with Gasteiger partial charge in [-0.2, -0.15) is 0 Å². The van der Waals surface area contributed by atoms with E-state index in [4.69, 9.17) is 37.0 Å². The maximum atomic E-state index is 13.0. The fourth-order valence-corrected chi connectivity index (χ4v) is 12.4. The minimum Gasteiger partial charge on any atom is -0.462 e. The van der Waals surface area contributed by atoms with E-state index in [1.165, 1.54) is 167 Å². The van der Waals surface area contributed by atoms with Crippen molar-refractivity contribution in [2.45, 2.75) is 381 Å². The smallest absolute Gasteiger partial charge is 0.462 e. The fraction of sp³-hybridized carbons (Fsp3) is 0.944. The molecule has 3 unspecified atom stereocenters. The molecule has 0 saturated heterocycles. The summed E-state index contributed by atoms with van der Waals surface area (Å²) in [5, 5.41) is 10.6. The molecule has 0 aliphatic rings. The Bertz CT molecular complexity index is 1790. The molecule has 0 saturated carbocycles. The predicted molar refractivity (Wildman–Crippen MR) is 368 cm³/mol. The van der Waals surface area contributed by atoms with Gasteiger partial charge in [-0.25, -0.2) is 9.13 Å². The van der Waals surface area contributed by atoms with Crippen molar-refractivity contribution in [1.29, 1.82) is 0 Å². The summed E-state index contributed by atoms with van der Waals surface area (Å²) in [6.45, 7) is 11.9. The molecule has 91 heavy (non-hydrogen) atoms. The number of phosphoric ester groups is 2. The van der Waals surface area contributed by atoms with Crippen LogP contribution in [0.1, 0.15) is 363 Å². The van der Waals surface area contributed by atoms with Gasteiger partial charge in [-0.1, -0.05) is 312 Å². The van der Waals surface area contributed by atoms with E-state index in [0.717, 1.165) is 114 Å². The van der Waals surface area contributed by atoms with Crippen molar-refractivity contribution >= 4 is 39.5 Å². The second-order valence-electron chi connectivity index (χ2n) is 27.2. The molecule has 17 nitrogen and oxygen atoms in total. The third kappa shape index (κ3) is 65.1. The maximum Gasteiger partial charge on any atom is 0.472 e. The minimum absolute atomic E-state index is 0.105. The first kappa shape index (κ1) is 89.1. The number of esters is 4. The number of rotatable bonds is 70. The van der Waals surface area contributed by atoms with Crippen LogP contribution in [0.25, 0.3) is 0 Å². The number of ether oxygens (including phenoxy) is 4. The van der Waals surface area contributed by atoms with Crippen molar-refractivity contribution in [3.63, 3.8) is 0 Å². The van der Waals surface area contributed by atoms with E-state index in [1.54, 1.807) is 0 Å². The third-order valence-corrected chi connectivity index (χ3v) is 18.9. The average molecular weight is 1340 g/mol. The lowest BCUT2D eigenvalue weighted by atomic mass is 9.99. The van der Waals surface area contributed by atoms with Crippen LogP contribution in [0.3, 0.4) is 0 Å². The largest absolute Gasteiger partial charge is 0.472 e. The lowest BCUT2D eigenvalue weighted by Crippen LogP contribution is -2.30. The van der Waals surface area contributed by atoms with Crippen molar-refractivity contribution in [3.05, 3.63) is 0 Å². The second kappa shape index (κ2) is 62.8. The molecule has 6 atom stereocenters. The van der Waals surface area contributed by atoms with E-state index in [1.807, 2.05) is 0 Å². The normalized spacial score (nSPS) is 14.5. The Morgan fingerprint density at radius 3 is 0.835 bits per heavy atom. The van der Waals surface area contributed by atoms with Gasteiger partial charge < -0.3 is 33.8 Å². The predicted octanol–water partition coefficient (Wildman–Crippen LogP) is 20.6. The number of unbranched alkanes of at least 4 members (excludes halogenated alkanes) is 37. The molecule has 0 bridgehead atoms. The van der Waals surface area contributed by atoms with Crippen LogP contribution in [0, 0.1) is 17.8 Å². The first-order chi connectivity index (χ1) is 43.8. The van der Waals surface area contributed by atoms with Gasteiger partial charge in [0.05, 0.1) is 26.4 Å². The van der Waals surface area contributed by atoms with Gasteiger partial charge in [-0.15, -0.1) is 0 Å². The Labute approximate surface area is 556 Å². The fourth-order valence-electron chi connectivity index (χ4n) is 10.9. The average Bonchev–Trinajstić information content (AvgIpc) is 2.98. The zero-order valence-electron chi connectivity index (χ0n) is 59.3. The number of aliphatic hydroxyl groups excluding tert-OH is 1. The summed E-state index contributed by atoms with van der Waals surface area (Å²) in [6, 6.07) is 0. The molecule has 0 aliphatic heterocycles. The molecule has 0 radical (unpaired) electrons. The van der Waals surface area contributed by atoms with Gasteiger partial charge in [0.25, 0.3) is 0 Å². The van der Waals surface area contributed by atoms with E-state index >= 15 is 0 Å². The quantitative estimate of drug-likeness (QED) is 0.0222. The molecule has 0 aromatic rings. The zero-order valence-corrected chi connectivity index (χ0v) is 61.1. The molecule has 0 rings (SSSR count). The van der Waals surface area contributed by atoms with Gasteiger partial charge in [0, 0.05) is 25.7 Å². The Morgan fingerprint density at radius 1 is 0.319 bits per heavy atom. The molecule has 3 N–H and O–H groups in total. The first-order valence-electron chi connectivity index (χ1n) is 37.4. The van der Waals surface area contributed by atoms with Crippen molar-refractivity contribution in [2.24, 2.45) is 17.8 Å². The van der Waals surface area contributed by atoms with Crippen LogP contribution in [-0.2, 0) is 65.4 Å². The van der Waals surface area contributed by atoms with Gasteiger partial charge >= 0.3 is 39.5 Å². The molecule has 0 spiro atoms. The van der Waals surface area contributed by atoms with Crippen LogP contribution in [0.4, 0.5) is 0 Å². The lowest BCUT2D eigenvalue weighted by Gasteiger charge is -2.21. The number of aliphatic hydroxyl groups is 1. The number of carbonyl (C=O) groups is 4. The molecule has 0 heterocycles. The van der Waals surface area contributed by atoms with E-state index < -0.39 is 97.5 Å². The summed E-state index contributed by atoms with van der Waals surface area (Å²) < 4.78 is 68.3. The molecular formula is C72H140O17P2. The van der Waals surface area contributed by atoms with Crippen molar-refractivity contribution in [2.75, 3.05) is 39.6 Å². The minimum atomic E-state index is -4.95. The molecule has 0 aliphatic carbocycles. The first-order valence-corrected chi connectivity index (χ1v) is 40.4. The Morgan fingerprint density at radius 2 is 0.560 bits per heavy atom. The van der Waals surface area contributed by atoms with Crippen molar-refractivity contribution in [3.8, 4) is 0 Å². The van der Waals surface area contributed by atoms with Gasteiger partial charge in [0.15, 0.2) is 12.2 Å². The van der Waals surface area contributed by atoms with Crippen LogP contribution < -0.4 is 0 Å². The van der Waals surface area contributed by atoms with Crippen molar-refractivity contribution < 1.29 is 80.2 Å². The summed E-state index contributed by atoms with van der Waals surface area (Å²) in [7, 11) is -9.90. The van der Waals surface area contributed by atoms with Crippen molar-refractivity contribution in [1.82, 2.24) is 0 Å². The second-order valence-corrected chi connectivity index (χ2v) is 30.1. The number of hydrogen-bond acceptors (Lipinski definition) is 15. The standard InChI is InChI=1S/C72H140O17P2/c1-8-10-11-12-13-32-39-46-53-69(74)82-59-67(88-72(77)56-49-42-35-28-21-19-24-30-37-44-51-64(5)6)61-86-90(78,79)84-57-66(73)58-85-91(80,81)87-62-68(60-83-70(75)54-47-40-33-26-22-20-25-31-38-45-52-65(7)9-2)89-71(76)55-48-41-34-27-18-16-14-15-17-23-29-36-43-50-63(3)4/h63-68,73H,8-62H2,1-7H3,(H,78,79)(H,80,81)/t65?,66-,67+,68+/m0/s1. The molecule has 19 heteroatoms. The van der Waals surface area contributed by atoms with Crippen LogP contribution >= 0.6 is 15.6 Å². The maximum absolute atomic E-state index is 13.0. The summed E-state index contributed by atoms with van der Waals surface area (Å²) in [5.74, 6) is 0.223. The number of hydrogen-bond donors (Lipinski definition) is 3. The van der Waals surface area contributed by atoms with Gasteiger partial charge in [-0.05, 0) is 43.4 Å². The van der Waals surface area contributed by atoms with Gasteiger partial charge in [-0.3, -0.25) is 37.3 Å². The van der Waals surface area contributed by atoms with Crippen LogP contribution in [0.15, 0.2) is 0 Å². The molecule has 0 amide bonds.